The summed E-state index contributed by atoms with van der Waals surface area (Å²) in [7, 11) is 1.99. The second kappa shape index (κ2) is 4.89. The number of rotatable bonds is 5. The van der Waals surface area contributed by atoms with Gasteiger partial charge in [-0.3, -0.25) is 0 Å². The Morgan fingerprint density at radius 2 is 2.44 bits per heavy atom. The number of aromatic amines is 1. The van der Waals surface area contributed by atoms with Gasteiger partial charge in [-0.15, -0.1) is 0 Å². The van der Waals surface area contributed by atoms with E-state index in [1.807, 2.05) is 17.8 Å². The Labute approximate surface area is 94.1 Å². The van der Waals surface area contributed by atoms with Gasteiger partial charge in [-0.2, -0.15) is 15.4 Å². The maximum Gasteiger partial charge on any atom is 0.110 e. The van der Waals surface area contributed by atoms with Gasteiger partial charge >= 0.3 is 0 Å². The third kappa shape index (κ3) is 2.27. The quantitative estimate of drug-likeness (QED) is 0.766. The van der Waals surface area contributed by atoms with Gasteiger partial charge in [-0.05, 0) is 6.54 Å². The summed E-state index contributed by atoms with van der Waals surface area (Å²) < 4.78 is 2.02. The number of hydrogen-bond donors (Lipinski definition) is 2. The molecule has 0 bridgehead atoms. The number of likely N-dealkylation sites (N-methyl/N-ethyl adjacent to an activating group) is 1. The average Bonchev–Trinajstić information content (AvgIpc) is 2.90. The monoisotopic (exact) mass is 220 g/mol. The molecule has 0 aliphatic heterocycles. The van der Waals surface area contributed by atoms with Crippen molar-refractivity contribution in [2.75, 3.05) is 6.54 Å². The minimum absolute atomic E-state index is 0.157. The molecule has 2 N–H and O–H groups in total. The van der Waals surface area contributed by atoms with Crippen LogP contribution in [0, 0.1) is 0 Å². The molecule has 1 unspecified atom stereocenters. The average molecular weight is 220 g/mol. The van der Waals surface area contributed by atoms with Gasteiger partial charge in [-0.25, -0.2) is 4.98 Å². The molecule has 0 saturated heterocycles. The highest BCUT2D eigenvalue weighted by atomic mass is 15.3. The van der Waals surface area contributed by atoms with Crippen molar-refractivity contribution in [1.82, 2.24) is 30.3 Å². The zero-order valence-electron chi connectivity index (χ0n) is 9.51. The van der Waals surface area contributed by atoms with E-state index in [1.54, 1.807) is 12.4 Å². The van der Waals surface area contributed by atoms with E-state index in [2.05, 4.69) is 32.6 Å². The summed E-state index contributed by atoms with van der Waals surface area (Å²) in [5.74, 6) is 1.04. The van der Waals surface area contributed by atoms with Gasteiger partial charge < -0.3 is 9.88 Å². The fourth-order valence-electron chi connectivity index (χ4n) is 1.68. The zero-order valence-corrected chi connectivity index (χ0v) is 9.51. The highest BCUT2D eigenvalue weighted by Crippen LogP contribution is 2.13. The smallest absolute Gasteiger partial charge is 0.110 e. The number of hydrogen-bond acceptors (Lipinski definition) is 4. The topological polar surface area (TPSA) is 71.4 Å². The Morgan fingerprint density at radius 1 is 1.56 bits per heavy atom. The Morgan fingerprint density at radius 3 is 3.00 bits per heavy atom. The summed E-state index contributed by atoms with van der Waals surface area (Å²) in [5.41, 5.74) is 0.921. The van der Waals surface area contributed by atoms with Gasteiger partial charge in [0.2, 0.25) is 0 Å². The molecular weight excluding hydrogens is 204 g/mol. The number of aromatic nitrogens is 5. The van der Waals surface area contributed by atoms with Crippen LogP contribution in [0.4, 0.5) is 0 Å². The van der Waals surface area contributed by atoms with Crippen molar-refractivity contribution in [2.45, 2.75) is 19.4 Å². The van der Waals surface area contributed by atoms with Gasteiger partial charge in [0.05, 0.1) is 17.9 Å². The summed E-state index contributed by atoms with van der Waals surface area (Å²) in [4.78, 5) is 4.31. The van der Waals surface area contributed by atoms with Gasteiger partial charge in [0.25, 0.3) is 0 Å². The highest BCUT2D eigenvalue weighted by Gasteiger charge is 2.15. The summed E-state index contributed by atoms with van der Waals surface area (Å²) in [6, 6.07) is 0.157. The van der Waals surface area contributed by atoms with Crippen LogP contribution >= 0.6 is 0 Å². The Bertz CT molecular complexity index is 418. The maximum atomic E-state index is 4.31. The van der Waals surface area contributed by atoms with Crippen LogP contribution in [0.5, 0.6) is 0 Å². The molecule has 1 atom stereocenters. The fourth-order valence-corrected chi connectivity index (χ4v) is 1.68. The second-order valence-corrected chi connectivity index (χ2v) is 3.66. The first-order valence-corrected chi connectivity index (χ1v) is 5.36. The molecule has 0 aliphatic carbocycles. The van der Waals surface area contributed by atoms with Crippen molar-refractivity contribution in [3.05, 3.63) is 30.1 Å². The Hall–Kier alpha value is -1.69. The Balaban J connectivity index is 2.12. The summed E-state index contributed by atoms with van der Waals surface area (Å²) in [6.07, 6.45) is 6.31. The number of nitrogens with zero attached hydrogens (tertiary/aromatic N) is 4. The first kappa shape index (κ1) is 10.8. The number of H-pyrrole nitrogens is 1. The van der Waals surface area contributed by atoms with Gasteiger partial charge in [0, 0.05) is 25.9 Å². The fraction of sp³-hybridized carbons (Fsp3) is 0.500. The first-order chi connectivity index (χ1) is 7.81. The lowest BCUT2D eigenvalue weighted by Crippen LogP contribution is -2.24. The van der Waals surface area contributed by atoms with Crippen molar-refractivity contribution in [3.8, 4) is 0 Å². The van der Waals surface area contributed by atoms with Crippen molar-refractivity contribution in [3.63, 3.8) is 0 Å². The highest BCUT2D eigenvalue weighted by molar-refractivity contribution is 5.05. The lowest BCUT2D eigenvalue weighted by atomic mass is 10.1. The zero-order chi connectivity index (χ0) is 11.4. The molecular formula is C10H16N6. The van der Waals surface area contributed by atoms with E-state index >= 15 is 0 Å². The lowest BCUT2D eigenvalue weighted by Gasteiger charge is -2.14. The largest absolute Gasteiger partial charge is 0.338 e. The van der Waals surface area contributed by atoms with E-state index in [1.165, 1.54) is 0 Å². The molecule has 0 fully saturated rings. The lowest BCUT2D eigenvalue weighted by molar-refractivity contribution is 0.516. The van der Waals surface area contributed by atoms with E-state index in [0.29, 0.717) is 0 Å². The third-order valence-corrected chi connectivity index (χ3v) is 2.55. The molecule has 0 spiro atoms. The van der Waals surface area contributed by atoms with E-state index in [4.69, 9.17) is 0 Å². The SMILES string of the molecule is CCNC(Cc1nccn1C)c1cn[nH]n1. The number of imidazole rings is 1. The molecule has 0 radical (unpaired) electrons. The predicted octanol–water partition coefficient (Wildman–Crippen LogP) is 0.431. The molecule has 2 aromatic heterocycles. The second-order valence-electron chi connectivity index (χ2n) is 3.66. The number of aryl methyl sites for hydroxylation is 1. The molecule has 2 aromatic rings. The molecule has 0 aromatic carbocycles. The third-order valence-electron chi connectivity index (χ3n) is 2.55. The van der Waals surface area contributed by atoms with E-state index in [-0.39, 0.29) is 6.04 Å². The molecule has 6 heteroatoms. The minimum atomic E-state index is 0.157. The molecule has 0 aliphatic rings. The summed E-state index contributed by atoms with van der Waals surface area (Å²) in [5, 5.41) is 14.0. The molecule has 0 saturated carbocycles. The number of nitrogens with one attached hydrogen (secondary N) is 2. The van der Waals surface area contributed by atoms with Crippen molar-refractivity contribution >= 4 is 0 Å². The van der Waals surface area contributed by atoms with Crippen molar-refractivity contribution in [1.29, 1.82) is 0 Å². The maximum absolute atomic E-state index is 4.31. The summed E-state index contributed by atoms with van der Waals surface area (Å²) in [6.45, 7) is 2.97. The van der Waals surface area contributed by atoms with Crippen molar-refractivity contribution < 1.29 is 0 Å². The van der Waals surface area contributed by atoms with Gasteiger partial charge in [0.1, 0.15) is 5.82 Å². The van der Waals surface area contributed by atoms with Crippen LogP contribution < -0.4 is 5.32 Å². The van der Waals surface area contributed by atoms with Gasteiger partial charge in [0.15, 0.2) is 0 Å². The van der Waals surface area contributed by atoms with Crippen LogP contribution in [0.15, 0.2) is 18.6 Å². The van der Waals surface area contributed by atoms with Crippen LogP contribution in [0.25, 0.3) is 0 Å². The van der Waals surface area contributed by atoms with E-state index in [9.17, 15) is 0 Å². The van der Waals surface area contributed by atoms with Crippen LogP contribution in [-0.2, 0) is 13.5 Å². The molecule has 2 heterocycles. The first-order valence-electron chi connectivity index (χ1n) is 5.36. The van der Waals surface area contributed by atoms with Crippen LogP contribution in [0.3, 0.4) is 0 Å². The van der Waals surface area contributed by atoms with Crippen molar-refractivity contribution in [2.24, 2.45) is 7.05 Å². The van der Waals surface area contributed by atoms with Crippen LogP contribution in [0.2, 0.25) is 0 Å². The predicted molar refractivity (Wildman–Crippen MR) is 59.7 cm³/mol. The standard InChI is InChI=1S/C10H16N6/c1-3-11-8(9-7-13-15-14-9)6-10-12-4-5-16(10)2/h4-5,7-8,11H,3,6H2,1-2H3,(H,13,14,15). The molecule has 16 heavy (non-hydrogen) atoms. The Kier molecular flexibility index (Phi) is 3.31. The summed E-state index contributed by atoms with van der Waals surface area (Å²) >= 11 is 0. The minimum Gasteiger partial charge on any atom is -0.338 e. The van der Waals surface area contributed by atoms with Crippen LogP contribution in [-0.4, -0.2) is 31.5 Å². The van der Waals surface area contributed by atoms with E-state index in [0.717, 1.165) is 24.5 Å². The normalized spacial score (nSPS) is 12.9. The van der Waals surface area contributed by atoms with Gasteiger partial charge in [-0.1, -0.05) is 6.92 Å². The molecule has 6 nitrogen and oxygen atoms in total. The molecule has 2 rings (SSSR count). The molecule has 0 amide bonds. The van der Waals surface area contributed by atoms with Crippen LogP contribution in [0.1, 0.15) is 24.5 Å². The molecule has 86 valence electrons. The van der Waals surface area contributed by atoms with E-state index < -0.39 is 0 Å².